The summed E-state index contributed by atoms with van der Waals surface area (Å²) < 4.78 is 0. The Kier molecular flexibility index (Phi) is 5.16. The van der Waals surface area contributed by atoms with Crippen LogP contribution >= 0.6 is 0 Å². The molecular weight excluding hydrogens is 236 g/mol. The van der Waals surface area contributed by atoms with E-state index in [4.69, 9.17) is 0 Å². The van der Waals surface area contributed by atoms with Crippen LogP contribution < -0.4 is 5.32 Å². The molecule has 1 saturated heterocycles. The monoisotopic (exact) mass is 262 g/mol. The molecule has 1 atom stereocenters. The standard InChI is InChI=1S/C15H26N4/c1-4-16-15-13(7-5-9-17-15)11-19(3)14-8-6-10-18(2)12-14/h5,7,9,14H,4,6,8,10-12H2,1-3H3,(H,16,17). The van der Waals surface area contributed by atoms with Gasteiger partial charge in [-0.2, -0.15) is 0 Å². The molecule has 0 spiro atoms. The highest BCUT2D eigenvalue weighted by Crippen LogP contribution is 2.18. The molecule has 0 saturated carbocycles. The fraction of sp³-hybridized carbons (Fsp3) is 0.667. The minimum absolute atomic E-state index is 0.661. The summed E-state index contributed by atoms with van der Waals surface area (Å²) in [7, 11) is 4.45. The Bertz CT molecular complexity index is 393. The Balaban J connectivity index is 1.99. The van der Waals surface area contributed by atoms with Gasteiger partial charge in [0, 0.05) is 37.4 Å². The molecule has 2 heterocycles. The van der Waals surface area contributed by atoms with Crippen molar-refractivity contribution in [3.05, 3.63) is 23.9 Å². The van der Waals surface area contributed by atoms with Crippen LogP contribution in [-0.4, -0.2) is 54.6 Å². The van der Waals surface area contributed by atoms with E-state index >= 15 is 0 Å². The fourth-order valence-electron chi connectivity index (χ4n) is 2.79. The lowest BCUT2D eigenvalue weighted by Gasteiger charge is -2.36. The highest BCUT2D eigenvalue weighted by molar-refractivity contribution is 5.43. The molecule has 1 fully saturated rings. The SMILES string of the molecule is CCNc1ncccc1CN(C)C1CCCN(C)C1. The van der Waals surface area contributed by atoms with E-state index < -0.39 is 0 Å². The van der Waals surface area contributed by atoms with E-state index in [-0.39, 0.29) is 0 Å². The van der Waals surface area contributed by atoms with Crippen LogP contribution in [0.2, 0.25) is 0 Å². The number of rotatable bonds is 5. The van der Waals surface area contributed by atoms with Crippen LogP contribution in [0.5, 0.6) is 0 Å². The van der Waals surface area contributed by atoms with Crippen molar-refractivity contribution in [2.24, 2.45) is 0 Å². The molecule has 0 radical (unpaired) electrons. The molecule has 2 rings (SSSR count). The van der Waals surface area contributed by atoms with E-state index in [0.29, 0.717) is 6.04 Å². The first-order valence-corrected chi connectivity index (χ1v) is 7.27. The molecule has 0 aromatic carbocycles. The van der Waals surface area contributed by atoms with Crippen LogP contribution in [0, 0.1) is 0 Å². The van der Waals surface area contributed by atoms with Crippen molar-refractivity contribution in [2.75, 3.05) is 39.0 Å². The zero-order valence-electron chi connectivity index (χ0n) is 12.4. The number of hydrogen-bond acceptors (Lipinski definition) is 4. The zero-order valence-corrected chi connectivity index (χ0v) is 12.4. The van der Waals surface area contributed by atoms with Crippen LogP contribution in [0.15, 0.2) is 18.3 Å². The van der Waals surface area contributed by atoms with Gasteiger partial charge >= 0.3 is 0 Å². The van der Waals surface area contributed by atoms with Crippen LogP contribution in [0.25, 0.3) is 0 Å². The van der Waals surface area contributed by atoms with E-state index in [2.05, 4.69) is 47.2 Å². The topological polar surface area (TPSA) is 31.4 Å². The van der Waals surface area contributed by atoms with E-state index in [1.165, 1.54) is 31.5 Å². The quantitative estimate of drug-likeness (QED) is 0.880. The van der Waals surface area contributed by atoms with Crippen molar-refractivity contribution >= 4 is 5.82 Å². The van der Waals surface area contributed by atoms with Gasteiger partial charge in [0.15, 0.2) is 0 Å². The number of likely N-dealkylation sites (tertiary alicyclic amines) is 1. The lowest BCUT2D eigenvalue weighted by molar-refractivity contribution is 0.129. The van der Waals surface area contributed by atoms with Crippen molar-refractivity contribution in [3.8, 4) is 0 Å². The van der Waals surface area contributed by atoms with E-state index in [9.17, 15) is 0 Å². The smallest absolute Gasteiger partial charge is 0.130 e. The maximum Gasteiger partial charge on any atom is 0.130 e. The number of pyridine rings is 1. The summed E-state index contributed by atoms with van der Waals surface area (Å²) >= 11 is 0. The Morgan fingerprint density at radius 3 is 3.11 bits per heavy atom. The number of hydrogen-bond donors (Lipinski definition) is 1. The largest absolute Gasteiger partial charge is 0.370 e. The minimum Gasteiger partial charge on any atom is -0.370 e. The third kappa shape index (κ3) is 3.91. The van der Waals surface area contributed by atoms with Crippen LogP contribution in [0.4, 0.5) is 5.82 Å². The Morgan fingerprint density at radius 2 is 2.37 bits per heavy atom. The molecule has 106 valence electrons. The number of nitrogens with zero attached hydrogens (tertiary/aromatic N) is 3. The molecule has 1 aliphatic heterocycles. The van der Waals surface area contributed by atoms with Crippen molar-refractivity contribution in [2.45, 2.75) is 32.4 Å². The summed E-state index contributed by atoms with van der Waals surface area (Å²) in [6, 6.07) is 4.86. The van der Waals surface area contributed by atoms with Crippen LogP contribution in [0.1, 0.15) is 25.3 Å². The molecule has 0 amide bonds. The van der Waals surface area contributed by atoms with Gasteiger partial charge in [-0.15, -0.1) is 0 Å². The van der Waals surface area contributed by atoms with Gasteiger partial charge in [0.05, 0.1) is 0 Å². The molecule has 1 aromatic heterocycles. The normalized spacial score (nSPS) is 20.7. The third-order valence-electron chi connectivity index (χ3n) is 3.88. The first-order chi connectivity index (χ1) is 9.20. The van der Waals surface area contributed by atoms with Gasteiger partial charge in [-0.3, -0.25) is 4.90 Å². The second kappa shape index (κ2) is 6.87. The summed E-state index contributed by atoms with van der Waals surface area (Å²) in [5.74, 6) is 1.03. The minimum atomic E-state index is 0.661. The molecule has 1 aromatic rings. The summed E-state index contributed by atoms with van der Waals surface area (Å²) in [6.45, 7) is 6.40. The first kappa shape index (κ1) is 14.3. The number of piperidine rings is 1. The van der Waals surface area contributed by atoms with Crippen molar-refractivity contribution < 1.29 is 0 Å². The van der Waals surface area contributed by atoms with Crippen molar-refractivity contribution in [3.63, 3.8) is 0 Å². The molecule has 1 unspecified atom stereocenters. The van der Waals surface area contributed by atoms with E-state index in [1.54, 1.807) is 0 Å². The van der Waals surface area contributed by atoms with Gasteiger partial charge in [-0.1, -0.05) is 6.07 Å². The lowest BCUT2D eigenvalue weighted by Crippen LogP contribution is -2.44. The van der Waals surface area contributed by atoms with E-state index in [0.717, 1.165) is 18.9 Å². The van der Waals surface area contributed by atoms with Crippen molar-refractivity contribution in [1.82, 2.24) is 14.8 Å². The van der Waals surface area contributed by atoms with Crippen LogP contribution in [-0.2, 0) is 6.54 Å². The summed E-state index contributed by atoms with van der Waals surface area (Å²) in [5, 5.41) is 3.34. The van der Waals surface area contributed by atoms with Crippen LogP contribution in [0.3, 0.4) is 0 Å². The Labute approximate surface area is 116 Å². The van der Waals surface area contributed by atoms with Gasteiger partial charge in [0.1, 0.15) is 5.82 Å². The van der Waals surface area contributed by atoms with Gasteiger partial charge in [-0.25, -0.2) is 4.98 Å². The Hall–Kier alpha value is -1.13. The molecule has 19 heavy (non-hydrogen) atoms. The number of anilines is 1. The predicted octanol–water partition coefficient (Wildman–Crippen LogP) is 2.04. The van der Waals surface area contributed by atoms with E-state index in [1.807, 2.05) is 12.3 Å². The van der Waals surface area contributed by atoms with Gasteiger partial charge in [-0.05, 0) is 46.5 Å². The van der Waals surface area contributed by atoms with Gasteiger partial charge in [0.2, 0.25) is 0 Å². The molecular formula is C15H26N4. The molecule has 0 aliphatic carbocycles. The Morgan fingerprint density at radius 1 is 1.53 bits per heavy atom. The third-order valence-corrected chi connectivity index (χ3v) is 3.88. The molecule has 1 N–H and O–H groups in total. The van der Waals surface area contributed by atoms with Crippen molar-refractivity contribution in [1.29, 1.82) is 0 Å². The average Bonchev–Trinajstić information content (AvgIpc) is 2.41. The summed E-state index contributed by atoms with van der Waals surface area (Å²) in [4.78, 5) is 9.33. The summed E-state index contributed by atoms with van der Waals surface area (Å²) in [6.07, 6.45) is 4.46. The zero-order chi connectivity index (χ0) is 13.7. The molecule has 1 aliphatic rings. The second-order valence-electron chi connectivity index (χ2n) is 5.51. The summed E-state index contributed by atoms with van der Waals surface area (Å²) in [5.41, 5.74) is 1.29. The predicted molar refractivity (Wildman–Crippen MR) is 80.4 cm³/mol. The number of nitrogens with one attached hydrogen (secondary N) is 1. The first-order valence-electron chi connectivity index (χ1n) is 7.27. The maximum absolute atomic E-state index is 4.43. The lowest BCUT2D eigenvalue weighted by atomic mass is 10.0. The average molecular weight is 262 g/mol. The maximum atomic E-state index is 4.43. The highest BCUT2D eigenvalue weighted by Gasteiger charge is 2.21. The number of likely N-dealkylation sites (N-methyl/N-ethyl adjacent to an activating group) is 2. The second-order valence-corrected chi connectivity index (χ2v) is 5.51. The highest BCUT2D eigenvalue weighted by atomic mass is 15.2. The molecule has 4 heteroatoms. The fourth-order valence-corrected chi connectivity index (χ4v) is 2.79. The molecule has 4 nitrogen and oxygen atoms in total. The molecule has 0 bridgehead atoms. The van der Waals surface area contributed by atoms with Gasteiger partial charge in [0.25, 0.3) is 0 Å². The number of aromatic nitrogens is 1. The van der Waals surface area contributed by atoms with Gasteiger partial charge < -0.3 is 10.2 Å².